The summed E-state index contributed by atoms with van der Waals surface area (Å²) in [6.07, 6.45) is 10.6. The molecule has 11 heavy (non-hydrogen) atoms. The van der Waals surface area contributed by atoms with Gasteiger partial charge in [0.2, 0.25) is 0 Å². The van der Waals surface area contributed by atoms with Crippen LogP contribution in [0.2, 0.25) is 0 Å². The van der Waals surface area contributed by atoms with Gasteiger partial charge in [-0.2, -0.15) is 0 Å². The van der Waals surface area contributed by atoms with Crippen LogP contribution >= 0.6 is 0 Å². The van der Waals surface area contributed by atoms with Crippen LogP contribution in [0.1, 0.15) is 46.5 Å². The largest absolute Gasteiger partial charge is 0.120 e. The Morgan fingerprint density at radius 1 is 1.27 bits per heavy atom. The predicted octanol–water partition coefficient (Wildman–Crippen LogP) is 3.47. The molecular formula is C11H20. The lowest BCUT2D eigenvalue weighted by Crippen LogP contribution is -2.04. The third-order valence-electron chi connectivity index (χ3n) is 2.38. The standard InChI is InChI=1S/C11H20/c1-5-7-8-9-11(4)10(3)6-2/h2,10-11H,5,7-9H2,1,3-4H3. The first-order chi connectivity index (χ1) is 5.22. The number of hydrogen-bond donors (Lipinski definition) is 0. The maximum atomic E-state index is 5.33. The van der Waals surface area contributed by atoms with Crippen LogP contribution in [-0.4, -0.2) is 0 Å². The molecule has 0 amide bonds. The first kappa shape index (κ1) is 10.6. The van der Waals surface area contributed by atoms with Crippen LogP contribution in [0, 0.1) is 24.2 Å². The highest BCUT2D eigenvalue weighted by Gasteiger charge is 2.07. The Hall–Kier alpha value is -0.440. The minimum absolute atomic E-state index is 0.451. The third kappa shape index (κ3) is 4.90. The van der Waals surface area contributed by atoms with Crippen LogP contribution in [-0.2, 0) is 0 Å². The molecule has 2 atom stereocenters. The van der Waals surface area contributed by atoms with Gasteiger partial charge in [0.1, 0.15) is 0 Å². The lowest BCUT2D eigenvalue weighted by molar-refractivity contribution is 0.419. The summed E-state index contributed by atoms with van der Waals surface area (Å²) in [6.45, 7) is 6.62. The van der Waals surface area contributed by atoms with Gasteiger partial charge in [-0.1, -0.05) is 40.0 Å². The highest BCUT2D eigenvalue weighted by Crippen LogP contribution is 2.17. The molecule has 0 aromatic carbocycles. The van der Waals surface area contributed by atoms with Crippen molar-refractivity contribution in [3.8, 4) is 12.3 Å². The molecule has 0 radical (unpaired) electrons. The van der Waals surface area contributed by atoms with Crippen LogP contribution in [0.5, 0.6) is 0 Å². The molecule has 0 spiro atoms. The molecule has 64 valence electrons. The summed E-state index contributed by atoms with van der Waals surface area (Å²) in [7, 11) is 0. The molecule has 0 aliphatic carbocycles. The molecule has 0 aliphatic rings. The van der Waals surface area contributed by atoms with Gasteiger partial charge in [-0.3, -0.25) is 0 Å². The Labute approximate surface area is 71.4 Å². The van der Waals surface area contributed by atoms with E-state index in [0.29, 0.717) is 11.8 Å². The Morgan fingerprint density at radius 2 is 1.91 bits per heavy atom. The smallest absolute Gasteiger partial charge is 0.0197 e. The number of terminal acetylenes is 1. The van der Waals surface area contributed by atoms with Gasteiger partial charge in [0.25, 0.3) is 0 Å². The number of unbranched alkanes of at least 4 members (excludes halogenated alkanes) is 2. The van der Waals surface area contributed by atoms with Crippen molar-refractivity contribution >= 4 is 0 Å². The van der Waals surface area contributed by atoms with Crippen LogP contribution in [0.4, 0.5) is 0 Å². The first-order valence-electron chi connectivity index (χ1n) is 4.68. The summed E-state index contributed by atoms with van der Waals surface area (Å²) in [5.41, 5.74) is 0. The second-order valence-electron chi connectivity index (χ2n) is 3.43. The zero-order valence-corrected chi connectivity index (χ0v) is 8.06. The van der Waals surface area contributed by atoms with Crippen molar-refractivity contribution in [3.05, 3.63) is 0 Å². The molecule has 0 aromatic rings. The molecule has 0 aliphatic heterocycles. The summed E-state index contributed by atoms with van der Waals surface area (Å²) in [5.74, 6) is 3.94. The second-order valence-corrected chi connectivity index (χ2v) is 3.43. The van der Waals surface area contributed by atoms with Gasteiger partial charge in [0, 0.05) is 5.92 Å². The summed E-state index contributed by atoms with van der Waals surface area (Å²) in [5, 5.41) is 0. The Kier molecular flexibility index (Phi) is 6.03. The van der Waals surface area contributed by atoms with E-state index in [-0.39, 0.29) is 0 Å². The van der Waals surface area contributed by atoms with E-state index in [9.17, 15) is 0 Å². The zero-order chi connectivity index (χ0) is 8.69. The van der Waals surface area contributed by atoms with Gasteiger partial charge in [0.05, 0.1) is 0 Å². The molecule has 0 rings (SSSR count). The summed E-state index contributed by atoms with van der Waals surface area (Å²) < 4.78 is 0. The van der Waals surface area contributed by atoms with Crippen molar-refractivity contribution in [1.82, 2.24) is 0 Å². The second kappa shape index (κ2) is 6.28. The van der Waals surface area contributed by atoms with Gasteiger partial charge in [-0.05, 0) is 12.3 Å². The van der Waals surface area contributed by atoms with Crippen LogP contribution < -0.4 is 0 Å². The van der Waals surface area contributed by atoms with E-state index >= 15 is 0 Å². The minimum Gasteiger partial charge on any atom is -0.120 e. The van der Waals surface area contributed by atoms with Gasteiger partial charge >= 0.3 is 0 Å². The molecule has 0 N–H and O–H groups in total. The van der Waals surface area contributed by atoms with Crippen molar-refractivity contribution in [3.63, 3.8) is 0 Å². The van der Waals surface area contributed by atoms with Crippen molar-refractivity contribution in [2.24, 2.45) is 11.8 Å². The molecule has 0 nitrogen and oxygen atoms in total. The van der Waals surface area contributed by atoms with Crippen molar-refractivity contribution in [2.75, 3.05) is 0 Å². The fraction of sp³-hybridized carbons (Fsp3) is 0.818. The summed E-state index contributed by atoms with van der Waals surface area (Å²) in [4.78, 5) is 0. The van der Waals surface area contributed by atoms with Crippen LogP contribution in [0.25, 0.3) is 0 Å². The molecular weight excluding hydrogens is 132 g/mol. The van der Waals surface area contributed by atoms with E-state index in [1.165, 1.54) is 25.7 Å². The van der Waals surface area contributed by atoms with Crippen molar-refractivity contribution in [1.29, 1.82) is 0 Å². The molecule has 0 heteroatoms. The fourth-order valence-electron chi connectivity index (χ4n) is 1.13. The van der Waals surface area contributed by atoms with Crippen molar-refractivity contribution in [2.45, 2.75) is 46.5 Å². The van der Waals surface area contributed by atoms with Crippen molar-refractivity contribution < 1.29 is 0 Å². The van der Waals surface area contributed by atoms with Gasteiger partial charge < -0.3 is 0 Å². The zero-order valence-electron chi connectivity index (χ0n) is 8.06. The summed E-state index contributed by atoms with van der Waals surface area (Å²) in [6, 6.07) is 0. The maximum absolute atomic E-state index is 5.33. The molecule has 0 saturated heterocycles. The van der Waals surface area contributed by atoms with E-state index in [2.05, 4.69) is 26.7 Å². The van der Waals surface area contributed by atoms with E-state index in [4.69, 9.17) is 6.42 Å². The average Bonchev–Trinajstić information content (AvgIpc) is 2.03. The van der Waals surface area contributed by atoms with E-state index in [1.807, 2.05) is 0 Å². The van der Waals surface area contributed by atoms with Crippen LogP contribution in [0.15, 0.2) is 0 Å². The van der Waals surface area contributed by atoms with Gasteiger partial charge in [-0.15, -0.1) is 12.3 Å². The Bertz CT molecular complexity index is 118. The monoisotopic (exact) mass is 152 g/mol. The van der Waals surface area contributed by atoms with Gasteiger partial charge in [-0.25, -0.2) is 0 Å². The Morgan fingerprint density at radius 3 is 2.36 bits per heavy atom. The topological polar surface area (TPSA) is 0 Å². The Balaban J connectivity index is 3.37. The quantitative estimate of drug-likeness (QED) is 0.418. The number of hydrogen-bond acceptors (Lipinski definition) is 0. The molecule has 0 heterocycles. The number of rotatable bonds is 5. The minimum atomic E-state index is 0.451. The lowest BCUT2D eigenvalue weighted by atomic mass is 9.91. The molecule has 0 aromatic heterocycles. The predicted molar refractivity (Wildman–Crippen MR) is 51.3 cm³/mol. The molecule has 0 saturated carbocycles. The fourth-order valence-corrected chi connectivity index (χ4v) is 1.13. The van der Waals surface area contributed by atoms with Gasteiger partial charge in [0.15, 0.2) is 0 Å². The third-order valence-corrected chi connectivity index (χ3v) is 2.38. The molecule has 0 bridgehead atoms. The van der Waals surface area contributed by atoms with E-state index in [0.717, 1.165) is 0 Å². The maximum Gasteiger partial charge on any atom is 0.0197 e. The summed E-state index contributed by atoms with van der Waals surface area (Å²) >= 11 is 0. The van der Waals surface area contributed by atoms with E-state index in [1.54, 1.807) is 0 Å². The SMILES string of the molecule is C#CC(C)C(C)CCCCC. The van der Waals surface area contributed by atoms with E-state index < -0.39 is 0 Å². The average molecular weight is 152 g/mol. The molecule has 2 unspecified atom stereocenters. The lowest BCUT2D eigenvalue weighted by Gasteiger charge is -2.13. The highest BCUT2D eigenvalue weighted by atomic mass is 14.1. The normalized spacial score (nSPS) is 15.5. The van der Waals surface area contributed by atoms with Crippen LogP contribution in [0.3, 0.4) is 0 Å². The highest BCUT2D eigenvalue weighted by molar-refractivity contribution is 4.92. The molecule has 0 fully saturated rings. The first-order valence-corrected chi connectivity index (χ1v) is 4.68.